The van der Waals surface area contributed by atoms with Gasteiger partial charge in [0.15, 0.2) is 5.17 Å². The summed E-state index contributed by atoms with van der Waals surface area (Å²) in [6.07, 6.45) is 1.52. The van der Waals surface area contributed by atoms with Crippen molar-refractivity contribution in [2.45, 2.75) is 24.5 Å². The maximum Gasteiger partial charge on any atom is 0.234 e. The average Bonchev–Trinajstić information content (AvgIpc) is 2.90. The van der Waals surface area contributed by atoms with Gasteiger partial charge in [0.25, 0.3) is 0 Å². The molecule has 0 aromatic heterocycles. The van der Waals surface area contributed by atoms with Gasteiger partial charge in [-0.3, -0.25) is 14.5 Å². The monoisotopic (exact) mass is 521 g/mol. The summed E-state index contributed by atoms with van der Waals surface area (Å²) in [5.41, 5.74) is 2.91. The van der Waals surface area contributed by atoms with Crippen LogP contribution in [0.15, 0.2) is 83.9 Å². The van der Waals surface area contributed by atoms with Crippen molar-refractivity contribution in [2.24, 2.45) is 4.99 Å². The fraction of sp³-hybridized carbons (Fsp3) is 0.250. The molecular formula is C28H28ClN3O3S. The second kappa shape index (κ2) is 12.6. The molecule has 0 radical (unpaired) electrons. The lowest BCUT2D eigenvalue weighted by Gasteiger charge is -2.32. The number of rotatable bonds is 9. The Morgan fingerprint density at radius 3 is 2.42 bits per heavy atom. The zero-order chi connectivity index (χ0) is 25.3. The molecule has 1 N–H and O–H groups in total. The number of amidine groups is 1. The van der Waals surface area contributed by atoms with Crippen LogP contribution in [0.1, 0.15) is 17.5 Å². The summed E-state index contributed by atoms with van der Waals surface area (Å²) in [5, 5.41) is 3.58. The molecule has 0 bridgehead atoms. The molecule has 1 heterocycles. The molecule has 1 fully saturated rings. The fourth-order valence-corrected chi connectivity index (χ4v) is 5.08. The fourth-order valence-electron chi connectivity index (χ4n) is 3.81. The van der Waals surface area contributed by atoms with Crippen LogP contribution in [0.4, 0.5) is 5.69 Å². The van der Waals surface area contributed by atoms with Crippen LogP contribution in [0.25, 0.3) is 0 Å². The van der Waals surface area contributed by atoms with Crippen LogP contribution in [0.3, 0.4) is 0 Å². The lowest BCUT2D eigenvalue weighted by Crippen LogP contribution is -2.47. The first kappa shape index (κ1) is 25.8. The van der Waals surface area contributed by atoms with E-state index in [1.165, 1.54) is 11.8 Å². The van der Waals surface area contributed by atoms with Gasteiger partial charge in [0.05, 0.1) is 18.0 Å². The summed E-state index contributed by atoms with van der Waals surface area (Å²) in [6.45, 7) is 0.978. The topological polar surface area (TPSA) is 71.0 Å². The van der Waals surface area contributed by atoms with Gasteiger partial charge in [0.1, 0.15) is 5.75 Å². The van der Waals surface area contributed by atoms with E-state index in [-0.39, 0.29) is 18.2 Å². The summed E-state index contributed by atoms with van der Waals surface area (Å²) in [5.74, 6) is 0.524. The molecule has 3 aromatic rings. The minimum absolute atomic E-state index is 0.113. The molecule has 3 aromatic carbocycles. The number of methoxy groups -OCH3 is 1. The number of benzene rings is 3. The van der Waals surface area contributed by atoms with Crippen molar-refractivity contribution in [3.63, 3.8) is 0 Å². The van der Waals surface area contributed by atoms with Gasteiger partial charge >= 0.3 is 0 Å². The molecular weight excluding hydrogens is 494 g/mol. The van der Waals surface area contributed by atoms with Crippen molar-refractivity contribution in [1.82, 2.24) is 10.2 Å². The Morgan fingerprint density at radius 2 is 1.72 bits per heavy atom. The van der Waals surface area contributed by atoms with E-state index in [1.54, 1.807) is 36.3 Å². The third-order valence-corrected chi connectivity index (χ3v) is 7.26. The Labute approximate surface area is 220 Å². The van der Waals surface area contributed by atoms with E-state index in [0.717, 1.165) is 23.3 Å². The quantitative estimate of drug-likeness (QED) is 0.416. The zero-order valence-electron chi connectivity index (χ0n) is 20.0. The molecule has 6 nitrogen and oxygen atoms in total. The average molecular weight is 522 g/mol. The SMILES string of the molecule is COc1ccc(CCN2C(=O)C[C@H](C(=O)NCCc3ccccc3)SC2=Nc2ccc(Cl)cc2)cc1. The summed E-state index contributed by atoms with van der Waals surface area (Å²) in [7, 11) is 1.63. The van der Waals surface area contributed by atoms with Crippen molar-refractivity contribution >= 4 is 46.0 Å². The van der Waals surface area contributed by atoms with E-state index in [4.69, 9.17) is 21.3 Å². The van der Waals surface area contributed by atoms with Gasteiger partial charge < -0.3 is 10.1 Å². The number of ether oxygens (including phenoxy) is 1. The molecule has 36 heavy (non-hydrogen) atoms. The lowest BCUT2D eigenvalue weighted by molar-refractivity contribution is -0.130. The van der Waals surface area contributed by atoms with Crippen LogP contribution in [0, 0.1) is 0 Å². The summed E-state index contributed by atoms with van der Waals surface area (Å²) in [4.78, 5) is 32.5. The molecule has 0 aliphatic carbocycles. The number of halogens is 1. The smallest absolute Gasteiger partial charge is 0.234 e. The second-order valence-electron chi connectivity index (χ2n) is 8.35. The molecule has 1 aliphatic rings. The van der Waals surface area contributed by atoms with Crippen LogP contribution >= 0.6 is 23.4 Å². The number of nitrogens with one attached hydrogen (secondary N) is 1. The molecule has 4 rings (SSSR count). The highest BCUT2D eigenvalue weighted by atomic mass is 35.5. The molecule has 2 amide bonds. The Kier molecular flexibility index (Phi) is 9.03. The number of hydrogen-bond donors (Lipinski definition) is 1. The highest BCUT2D eigenvalue weighted by Gasteiger charge is 2.35. The van der Waals surface area contributed by atoms with Crippen molar-refractivity contribution in [3.8, 4) is 5.75 Å². The predicted octanol–water partition coefficient (Wildman–Crippen LogP) is 5.27. The highest BCUT2D eigenvalue weighted by Crippen LogP contribution is 2.30. The van der Waals surface area contributed by atoms with Crippen LogP contribution < -0.4 is 10.1 Å². The van der Waals surface area contributed by atoms with E-state index in [1.807, 2.05) is 54.6 Å². The van der Waals surface area contributed by atoms with Crippen molar-refractivity contribution in [3.05, 3.63) is 95.0 Å². The largest absolute Gasteiger partial charge is 0.497 e. The number of hydrogen-bond acceptors (Lipinski definition) is 5. The molecule has 1 atom stereocenters. The van der Waals surface area contributed by atoms with Crippen LogP contribution in [-0.2, 0) is 22.4 Å². The molecule has 0 saturated carbocycles. The highest BCUT2D eigenvalue weighted by molar-refractivity contribution is 8.15. The third kappa shape index (κ3) is 7.12. The summed E-state index contributed by atoms with van der Waals surface area (Å²) < 4.78 is 5.23. The molecule has 186 valence electrons. The van der Waals surface area contributed by atoms with Gasteiger partial charge in [-0.05, 0) is 60.4 Å². The van der Waals surface area contributed by atoms with Gasteiger partial charge in [-0.1, -0.05) is 65.8 Å². The predicted molar refractivity (Wildman–Crippen MR) is 146 cm³/mol. The first-order chi connectivity index (χ1) is 17.5. The van der Waals surface area contributed by atoms with Gasteiger partial charge in [0, 0.05) is 24.5 Å². The molecule has 0 unspecified atom stereocenters. The number of amides is 2. The maximum absolute atomic E-state index is 13.2. The van der Waals surface area contributed by atoms with Crippen LogP contribution in [-0.4, -0.2) is 47.3 Å². The zero-order valence-corrected chi connectivity index (χ0v) is 21.6. The third-order valence-electron chi connectivity index (χ3n) is 5.82. The normalized spacial score (nSPS) is 16.7. The Bertz CT molecular complexity index is 1200. The van der Waals surface area contributed by atoms with E-state index in [9.17, 15) is 9.59 Å². The van der Waals surface area contributed by atoms with Gasteiger partial charge in [-0.2, -0.15) is 0 Å². The van der Waals surface area contributed by atoms with E-state index < -0.39 is 5.25 Å². The van der Waals surface area contributed by atoms with Crippen molar-refractivity contribution < 1.29 is 14.3 Å². The minimum Gasteiger partial charge on any atom is -0.497 e. The van der Waals surface area contributed by atoms with Crippen LogP contribution in [0.2, 0.25) is 5.02 Å². The first-order valence-corrected chi connectivity index (χ1v) is 13.0. The summed E-state index contributed by atoms with van der Waals surface area (Å²) in [6, 6.07) is 24.9. The molecule has 8 heteroatoms. The number of thioether (sulfide) groups is 1. The van der Waals surface area contributed by atoms with Gasteiger partial charge in [-0.15, -0.1) is 0 Å². The number of nitrogens with zero attached hydrogens (tertiary/aromatic N) is 2. The maximum atomic E-state index is 13.2. The lowest BCUT2D eigenvalue weighted by atomic mass is 10.1. The number of carbonyl (C=O) groups excluding carboxylic acids is 2. The van der Waals surface area contributed by atoms with Crippen molar-refractivity contribution in [1.29, 1.82) is 0 Å². The van der Waals surface area contributed by atoms with Gasteiger partial charge in [0.2, 0.25) is 11.8 Å². The van der Waals surface area contributed by atoms with Crippen LogP contribution in [0.5, 0.6) is 5.75 Å². The summed E-state index contributed by atoms with van der Waals surface area (Å²) >= 11 is 7.35. The number of carbonyl (C=O) groups is 2. The Morgan fingerprint density at radius 1 is 1.03 bits per heavy atom. The van der Waals surface area contributed by atoms with Gasteiger partial charge in [-0.25, -0.2) is 4.99 Å². The Balaban J connectivity index is 1.45. The molecule has 1 aliphatic heterocycles. The van der Waals surface area contributed by atoms with E-state index >= 15 is 0 Å². The minimum atomic E-state index is -0.531. The molecule has 1 saturated heterocycles. The van der Waals surface area contributed by atoms with Crippen molar-refractivity contribution in [2.75, 3.05) is 20.2 Å². The number of aliphatic imine (C=N–C) groups is 1. The first-order valence-electron chi connectivity index (χ1n) is 11.8. The van der Waals surface area contributed by atoms with E-state index in [2.05, 4.69) is 5.32 Å². The standard InChI is InChI=1S/C28H28ClN3O3S/c1-35-24-13-7-21(8-14-24)16-18-32-26(33)19-25(27(34)30-17-15-20-5-3-2-4-6-20)36-28(32)31-23-11-9-22(29)10-12-23/h2-14,25H,15-19H2,1H3,(H,30,34)/t25-/m1/s1. The molecule has 0 spiro atoms. The van der Waals surface area contributed by atoms with E-state index in [0.29, 0.717) is 35.4 Å². The Hall–Kier alpha value is -3.29. The second-order valence-corrected chi connectivity index (χ2v) is 9.96.